The molecule has 0 unspecified atom stereocenters. The van der Waals surface area contributed by atoms with Gasteiger partial charge < -0.3 is 11.1 Å². The van der Waals surface area contributed by atoms with Gasteiger partial charge in [-0.05, 0) is 37.1 Å². The van der Waals surface area contributed by atoms with Gasteiger partial charge in [0.05, 0.1) is 6.54 Å². The normalized spacial score (nSPS) is 20.1. The summed E-state index contributed by atoms with van der Waals surface area (Å²) in [6.45, 7) is 4.02. The molecular weight excluding hydrogens is 250 g/mol. The molecule has 3 N–H and O–H groups in total. The monoisotopic (exact) mass is 267 g/mol. The van der Waals surface area contributed by atoms with Crippen molar-refractivity contribution >= 4 is 23.2 Å². The van der Waals surface area contributed by atoms with Gasteiger partial charge in [0.15, 0.2) is 0 Å². The molecule has 1 aliphatic heterocycles. The average Bonchev–Trinajstić information content (AvgIpc) is 2.68. The van der Waals surface area contributed by atoms with Crippen LogP contribution in [0.4, 0.5) is 5.69 Å². The van der Waals surface area contributed by atoms with E-state index in [9.17, 15) is 4.79 Å². The molecule has 0 aromatic heterocycles. The average molecular weight is 268 g/mol. The highest BCUT2D eigenvalue weighted by Gasteiger charge is 2.21. The van der Waals surface area contributed by atoms with Gasteiger partial charge in [0.25, 0.3) is 0 Å². The number of anilines is 1. The molecule has 1 amide bonds. The Morgan fingerprint density at radius 2 is 2.39 bits per heavy atom. The third-order valence-electron chi connectivity index (χ3n) is 3.14. The van der Waals surface area contributed by atoms with Crippen LogP contribution in [-0.2, 0) is 4.79 Å². The van der Waals surface area contributed by atoms with Gasteiger partial charge >= 0.3 is 0 Å². The van der Waals surface area contributed by atoms with Gasteiger partial charge in [-0.25, -0.2) is 0 Å². The number of nitrogens with zero attached hydrogens (tertiary/aromatic N) is 1. The first-order valence-electron chi connectivity index (χ1n) is 6.08. The number of aryl methyl sites for hydroxylation is 1. The van der Waals surface area contributed by atoms with E-state index < -0.39 is 0 Å². The highest BCUT2D eigenvalue weighted by molar-refractivity contribution is 6.30. The van der Waals surface area contributed by atoms with Crippen molar-refractivity contribution < 1.29 is 4.79 Å². The largest absolute Gasteiger partial charge is 0.326 e. The number of halogens is 1. The van der Waals surface area contributed by atoms with Gasteiger partial charge in [-0.1, -0.05) is 11.6 Å². The summed E-state index contributed by atoms with van der Waals surface area (Å²) in [6.07, 6.45) is 0.966. The van der Waals surface area contributed by atoms with Crippen molar-refractivity contribution in [3.63, 3.8) is 0 Å². The maximum atomic E-state index is 11.9. The molecule has 5 heteroatoms. The molecule has 0 saturated carbocycles. The van der Waals surface area contributed by atoms with E-state index in [1.54, 1.807) is 6.07 Å². The predicted molar refractivity (Wildman–Crippen MR) is 73.9 cm³/mol. The van der Waals surface area contributed by atoms with Crippen LogP contribution in [-0.4, -0.2) is 36.5 Å². The van der Waals surface area contributed by atoms with Crippen LogP contribution in [0.2, 0.25) is 5.02 Å². The summed E-state index contributed by atoms with van der Waals surface area (Å²) in [6, 6.07) is 5.64. The van der Waals surface area contributed by atoms with Crippen LogP contribution in [0.1, 0.15) is 12.0 Å². The van der Waals surface area contributed by atoms with E-state index in [1.807, 2.05) is 19.1 Å². The Morgan fingerprint density at radius 1 is 1.61 bits per heavy atom. The molecule has 1 heterocycles. The summed E-state index contributed by atoms with van der Waals surface area (Å²) in [7, 11) is 0. The molecule has 1 saturated heterocycles. The maximum Gasteiger partial charge on any atom is 0.238 e. The summed E-state index contributed by atoms with van der Waals surface area (Å²) in [5.74, 6) is -0.00507. The molecule has 0 radical (unpaired) electrons. The minimum absolute atomic E-state index is 0.00507. The van der Waals surface area contributed by atoms with Crippen molar-refractivity contribution in [2.45, 2.75) is 19.4 Å². The predicted octanol–water partition coefficient (Wildman–Crippen LogP) is 1.62. The molecule has 0 aliphatic carbocycles. The summed E-state index contributed by atoms with van der Waals surface area (Å²) < 4.78 is 0. The zero-order chi connectivity index (χ0) is 13.1. The molecule has 1 aromatic carbocycles. The third kappa shape index (κ3) is 3.45. The molecule has 0 spiro atoms. The van der Waals surface area contributed by atoms with Crippen LogP contribution < -0.4 is 11.1 Å². The minimum Gasteiger partial charge on any atom is -0.326 e. The van der Waals surface area contributed by atoms with E-state index in [-0.39, 0.29) is 11.9 Å². The Bertz CT molecular complexity index is 450. The number of carbonyl (C=O) groups is 1. The Balaban J connectivity index is 1.91. The lowest BCUT2D eigenvalue weighted by Crippen LogP contribution is -2.33. The summed E-state index contributed by atoms with van der Waals surface area (Å²) in [5, 5.41) is 3.58. The Kier molecular flexibility index (Phi) is 4.22. The fourth-order valence-electron chi connectivity index (χ4n) is 2.17. The second-order valence-corrected chi connectivity index (χ2v) is 5.23. The maximum absolute atomic E-state index is 11.9. The van der Waals surface area contributed by atoms with Crippen LogP contribution >= 0.6 is 11.6 Å². The number of nitrogens with two attached hydrogens (primary N) is 1. The van der Waals surface area contributed by atoms with E-state index in [0.29, 0.717) is 11.6 Å². The van der Waals surface area contributed by atoms with Crippen LogP contribution in [0.3, 0.4) is 0 Å². The highest BCUT2D eigenvalue weighted by atomic mass is 35.5. The van der Waals surface area contributed by atoms with Crippen molar-refractivity contribution in [1.29, 1.82) is 0 Å². The number of hydrogen-bond donors (Lipinski definition) is 2. The molecule has 1 aliphatic rings. The summed E-state index contributed by atoms with van der Waals surface area (Å²) >= 11 is 5.87. The van der Waals surface area contributed by atoms with E-state index in [1.165, 1.54) is 0 Å². The molecule has 98 valence electrons. The van der Waals surface area contributed by atoms with Crippen molar-refractivity contribution in [3.8, 4) is 0 Å². The number of amides is 1. The lowest BCUT2D eigenvalue weighted by atomic mass is 10.2. The highest BCUT2D eigenvalue weighted by Crippen LogP contribution is 2.19. The zero-order valence-electron chi connectivity index (χ0n) is 10.4. The number of benzene rings is 1. The van der Waals surface area contributed by atoms with E-state index in [0.717, 1.165) is 30.8 Å². The van der Waals surface area contributed by atoms with E-state index in [2.05, 4.69) is 10.2 Å². The zero-order valence-corrected chi connectivity index (χ0v) is 11.2. The number of hydrogen-bond acceptors (Lipinski definition) is 3. The van der Waals surface area contributed by atoms with Gasteiger partial charge in [-0.2, -0.15) is 0 Å². The van der Waals surface area contributed by atoms with Crippen molar-refractivity contribution in [2.24, 2.45) is 5.73 Å². The van der Waals surface area contributed by atoms with Gasteiger partial charge in [0, 0.05) is 29.8 Å². The molecule has 1 aromatic rings. The summed E-state index contributed by atoms with van der Waals surface area (Å²) in [5.41, 5.74) is 7.59. The summed E-state index contributed by atoms with van der Waals surface area (Å²) in [4.78, 5) is 14.0. The van der Waals surface area contributed by atoms with Crippen LogP contribution in [0.5, 0.6) is 0 Å². The quantitative estimate of drug-likeness (QED) is 0.875. The van der Waals surface area contributed by atoms with Crippen molar-refractivity contribution in [2.75, 3.05) is 25.0 Å². The fourth-order valence-corrected chi connectivity index (χ4v) is 2.39. The minimum atomic E-state index is -0.00507. The molecule has 4 nitrogen and oxygen atoms in total. The Labute approximate surface area is 112 Å². The Hall–Kier alpha value is -1.10. The molecule has 1 fully saturated rings. The van der Waals surface area contributed by atoms with Crippen molar-refractivity contribution in [3.05, 3.63) is 28.8 Å². The van der Waals surface area contributed by atoms with Gasteiger partial charge in [-0.3, -0.25) is 9.69 Å². The standard InChI is InChI=1S/C13H18ClN3O/c1-9-6-10(14)2-3-12(9)16-13(18)8-17-5-4-11(15)7-17/h2-3,6,11H,4-5,7-8,15H2,1H3,(H,16,18)/t11-/m1/s1. The van der Waals surface area contributed by atoms with Gasteiger partial charge in [0.2, 0.25) is 5.91 Å². The van der Waals surface area contributed by atoms with Gasteiger partial charge in [0.1, 0.15) is 0 Å². The lowest BCUT2D eigenvalue weighted by molar-refractivity contribution is -0.117. The van der Waals surface area contributed by atoms with Crippen LogP contribution in [0, 0.1) is 6.92 Å². The topological polar surface area (TPSA) is 58.4 Å². The second kappa shape index (κ2) is 5.69. The SMILES string of the molecule is Cc1cc(Cl)ccc1NC(=O)CN1CC[C@@H](N)C1. The number of carbonyl (C=O) groups excluding carboxylic acids is 1. The number of rotatable bonds is 3. The smallest absolute Gasteiger partial charge is 0.238 e. The molecule has 2 rings (SSSR count). The fraction of sp³-hybridized carbons (Fsp3) is 0.462. The van der Waals surface area contributed by atoms with E-state index in [4.69, 9.17) is 17.3 Å². The molecule has 0 bridgehead atoms. The molecule has 18 heavy (non-hydrogen) atoms. The van der Waals surface area contributed by atoms with Crippen LogP contribution in [0.15, 0.2) is 18.2 Å². The second-order valence-electron chi connectivity index (χ2n) is 4.79. The van der Waals surface area contributed by atoms with Gasteiger partial charge in [-0.15, -0.1) is 0 Å². The number of likely N-dealkylation sites (tertiary alicyclic amines) is 1. The first kappa shape index (κ1) is 13.3. The molecule has 1 atom stereocenters. The Morgan fingerprint density at radius 3 is 3.00 bits per heavy atom. The van der Waals surface area contributed by atoms with Crippen molar-refractivity contribution in [1.82, 2.24) is 4.90 Å². The number of nitrogens with one attached hydrogen (secondary N) is 1. The lowest BCUT2D eigenvalue weighted by Gasteiger charge is -2.15. The first-order chi connectivity index (χ1) is 8.54. The third-order valence-corrected chi connectivity index (χ3v) is 3.37. The van der Waals surface area contributed by atoms with Crippen LogP contribution in [0.25, 0.3) is 0 Å². The first-order valence-corrected chi connectivity index (χ1v) is 6.46. The molecular formula is C13H18ClN3O. The van der Waals surface area contributed by atoms with E-state index >= 15 is 0 Å².